The lowest BCUT2D eigenvalue weighted by molar-refractivity contribution is -0.105. The van der Waals surface area contributed by atoms with E-state index in [9.17, 15) is 9.59 Å². The maximum atomic E-state index is 11.2. The highest BCUT2D eigenvalue weighted by Crippen LogP contribution is 2.33. The number of para-hydroxylation sites is 1. The summed E-state index contributed by atoms with van der Waals surface area (Å²) < 4.78 is 0. The first kappa shape index (κ1) is 17.6. The number of nitrogen functional groups attached to an aromatic ring is 1. The average molecular weight is 318 g/mol. The van der Waals surface area contributed by atoms with Gasteiger partial charge in [-0.05, 0) is 30.3 Å². The molecule has 2 aromatic rings. The smallest absolute Gasteiger partial charge is 0.337 e. The number of carboxylic acids is 1. The second kappa shape index (κ2) is 8.74. The van der Waals surface area contributed by atoms with Gasteiger partial charge in [0.2, 0.25) is 6.41 Å². The number of hydrogen-bond donors (Lipinski definition) is 3. The lowest BCUT2D eigenvalue weighted by Crippen LogP contribution is -2.04. The number of amides is 1. The van der Waals surface area contributed by atoms with Crippen LogP contribution in [-0.4, -0.2) is 17.5 Å². The normalized spacial score (nSPS) is 9.36. The predicted octanol–water partition coefficient (Wildman–Crippen LogP) is 3.71. The Labute approximate surface area is 133 Å². The van der Waals surface area contributed by atoms with Gasteiger partial charge in [-0.2, -0.15) is 0 Å². The molecule has 22 heavy (non-hydrogen) atoms. The van der Waals surface area contributed by atoms with Crippen molar-refractivity contribution in [3.63, 3.8) is 0 Å². The van der Waals surface area contributed by atoms with Crippen LogP contribution in [0.2, 0.25) is 0 Å². The molecule has 0 saturated carbocycles. The fourth-order valence-corrected chi connectivity index (χ4v) is 2.55. The van der Waals surface area contributed by atoms with E-state index in [2.05, 4.69) is 5.32 Å². The van der Waals surface area contributed by atoms with Gasteiger partial charge in [0.1, 0.15) is 0 Å². The molecule has 5 nitrogen and oxygen atoms in total. The number of carboxylic acid groups (broad SMARTS) is 1. The van der Waals surface area contributed by atoms with Gasteiger partial charge in [0.05, 0.1) is 11.3 Å². The van der Waals surface area contributed by atoms with E-state index < -0.39 is 5.97 Å². The molecule has 0 radical (unpaired) electrons. The molecule has 0 atom stereocenters. The number of anilines is 2. The van der Waals surface area contributed by atoms with Crippen molar-refractivity contribution in [1.29, 1.82) is 0 Å². The van der Waals surface area contributed by atoms with Crippen LogP contribution in [0.25, 0.3) is 0 Å². The van der Waals surface area contributed by atoms with Crippen LogP contribution in [0.1, 0.15) is 24.2 Å². The predicted molar refractivity (Wildman–Crippen MR) is 89.4 cm³/mol. The maximum absolute atomic E-state index is 11.2. The van der Waals surface area contributed by atoms with E-state index >= 15 is 0 Å². The molecule has 0 aliphatic carbocycles. The molecule has 116 valence electrons. The van der Waals surface area contributed by atoms with E-state index in [-0.39, 0.29) is 11.3 Å². The minimum atomic E-state index is -1.10. The molecule has 1 amide bonds. The summed E-state index contributed by atoms with van der Waals surface area (Å²) >= 11 is 1.37. The Kier molecular flexibility index (Phi) is 6.98. The van der Waals surface area contributed by atoms with E-state index in [1.165, 1.54) is 17.8 Å². The quantitative estimate of drug-likeness (QED) is 0.577. The monoisotopic (exact) mass is 318 g/mol. The van der Waals surface area contributed by atoms with Crippen LogP contribution in [0.4, 0.5) is 11.4 Å². The zero-order chi connectivity index (χ0) is 16.5. The molecule has 0 bridgehead atoms. The van der Waals surface area contributed by atoms with Gasteiger partial charge in [-0.3, -0.25) is 4.79 Å². The van der Waals surface area contributed by atoms with Crippen molar-refractivity contribution in [2.45, 2.75) is 23.6 Å². The first-order valence-corrected chi connectivity index (χ1v) is 7.53. The van der Waals surface area contributed by atoms with Crippen molar-refractivity contribution in [3.8, 4) is 0 Å². The number of nitrogens with one attached hydrogen (secondary N) is 1. The summed E-state index contributed by atoms with van der Waals surface area (Å²) in [6.07, 6.45) is 0.448. The largest absolute Gasteiger partial charge is 0.478 e. The number of benzene rings is 2. The van der Waals surface area contributed by atoms with Crippen LogP contribution in [0, 0.1) is 0 Å². The Balaban J connectivity index is 0.00000116. The van der Waals surface area contributed by atoms with Gasteiger partial charge in [0, 0.05) is 15.5 Å². The van der Waals surface area contributed by atoms with E-state index in [1.807, 2.05) is 32.0 Å². The number of hydrogen-bond acceptors (Lipinski definition) is 4. The molecule has 0 aliphatic heterocycles. The van der Waals surface area contributed by atoms with Crippen molar-refractivity contribution in [2.24, 2.45) is 0 Å². The highest BCUT2D eigenvalue weighted by molar-refractivity contribution is 7.99. The van der Waals surface area contributed by atoms with Gasteiger partial charge in [-0.15, -0.1) is 0 Å². The average Bonchev–Trinajstić information content (AvgIpc) is 2.53. The molecule has 0 heterocycles. The number of aromatic carboxylic acids is 1. The van der Waals surface area contributed by atoms with Gasteiger partial charge in [0.15, 0.2) is 0 Å². The van der Waals surface area contributed by atoms with Crippen LogP contribution in [0.5, 0.6) is 0 Å². The lowest BCUT2D eigenvalue weighted by atomic mass is 10.2. The standard InChI is InChI=1S/C14H12N2O3S.C2H6/c15-11-3-1-2-4-13(11)20-9-5-6-12(16-8-17)10(7-9)14(18)19;1-2/h1-8H,15H2,(H,16,17)(H,18,19);1-2H3. The highest BCUT2D eigenvalue weighted by atomic mass is 32.2. The second-order valence-electron chi connectivity index (χ2n) is 3.91. The second-order valence-corrected chi connectivity index (χ2v) is 5.03. The zero-order valence-electron chi connectivity index (χ0n) is 12.4. The first-order valence-electron chi connectivity index (χ1n) is 6.71. The molecular formula is C16H18N2O3S. The molecule has 4 N–H and O–H groups in total. The maximum Gasteiger partial charge on any atom is 0.337 e. The van der Waals surface area contributed by atoms with Crippen LogP contribution in [0.15, 0.2) is 52.3 Å². The fraction of sp³-hybridized carbons (Fsp3) is 0.125. The summed E-state index contributed by atoms with van der Waals surface area (Å²) in [5.41, 5.74) is 6.78. The van der Waals surface area contributed by atoms with Gasteiger partial charge in [-0.1, -0.05) is 37.7 Å². The Morgan fingerprint density at radius 2 is 1.91 bits per heavy atom. The summed E-state index contributed by atoms with van der Waals surface area (Å²) in [6.45, 7) is 4.00. The summed E-state index contributed by atoms with van der Waals surface area (Å²) in [6, 6.07) is 12.1. The van der Waals surface area contributed by atoms with Crippen molar-refractivity contribution in [1.82, 2.24) is 0 Å². The van der Waals surface area contributed by atoms with Gasteiger partial charge >= 0.3 is 5.97 Å². The van der Waals surface area contributed by atoms with Gasteiger partial charge in [-0.25, -0.2) is 4.79 Å². The summed E-state index contributed by atoms with van der Waals surface area (Å²) in [4.78, 5) is 23.2. The van der Waals surface area contributed by atoms with Gasteiger partial charge < -0.3 is 16.2 Å². The molecule has 0 spiro atoms. The van der Waals surface area contributed by atoms with Crippen LogP contribution in [0.3, 0.4) is 0 Å². The van der Waals surface area contributed by atoms with E-state index in [1.54, 1.807) is 18.2 Å². The van der Waals surface area contributed by atoms with Crippen LogP contribution < -0.4 is 11.1 Å². The molecule has 2 rings (SSSR count). The summed E-state index contributed by atoms with van der Waals surface area (Å²) in [5, 5.41) is 11.5. The Bertz CT molecular complexity index is 660. The third kappa shape index (κ3) is 4.53. The molecule has 0 aromatic heterocycles. The number of nitrogens with two attached hydrogens (primary N) is 1. The summed E-state index contributed by atoms with van der Waals surface area (Å²) in [5.74, 6) is -1.10. The number of rotatable bonds is 5. The molecule has 0 aliphatic rings. The Morgan fingerprint density at radius 1 is 1.23 bits per heavy atom. The SMILES string of the molecule is CC.Nc1ccccc1Sc1ccc(NC=O)c(C(=O)O)c1. The van der Waals surface area contributed by atoms with Crippen LogP contribution >= 0.6 is 11.8 Å². The highest BCUT2D eigenvalue weighted by Gasteiger charge is 2.11. The van der Waals surface area contributed by atoms with Crippen molar-refractivity contribution < 1.29 is 14.7 Å². The Hall–Kier alpha value is -2.47. The minimum Gasteiger partial charge on any atom is -0.478 e. The number of carbonyl (C=O) groups is 2. The van der Waals surface area contributed by atoms with Crippen molar-refractivity contribution >= 4 is 35.5 Å². The van der Waals surface area contributed by atoms with Crippen molar-refractivity contribution in [3.05, 3.63) is 48.0 Å². The minimum absolute atomic E-state index is 0.0385. The lowest BCUT2D eigenvalue weighted by Gasteiger charge is -2.08. The summed E-state index contributed by atoms with van der Waals surface area (Å²) in [7, 11) is 0. The van der Waals surface area contributed by atoms with Crippen LogP contribution in [-0.2, 0) is 4.79 Å². The van der Waals surface area contributed by atoms with E-state index in [0.29, 0.717) is 12.1 Å². The van der Waals surface area contributed by atoms with Crippen molar-refractivity contribution in [2.75, 3.05) is 11.1 Å². The fourth-order valence-electron chi connectivity index (χ4n) is 1.65. The molecule has 0 unspecified atom stereocenters. The first-order chi connectivity index (χ1) is 10.6. The molecular weight excluding hydrogens is 300 g/mol. The van der Waals surface area contributed by atoms with E-state index in [4.69, 9.17) is 10.8 Å². The molecule has 0 saturated heterocycles. The number of carbonyl (C=O) groups excluding carboxylic acids is 1. The Morgan fingerprint density at radius 3 is 2.50 bits per heavy atom. The molecule has 6 heteroatoms. The zero-order valence-corrected chi connectivity index (χ0v) is 13.2. The third-order valence-electron chi connectivity index (χ3n) is 2.58. The topological polar surface area (TPSA) is 92.4 Å². The molecule has 2 aromatic carbocycles. The van der Waals surface area contributed by atoms with E-state index in [0.717, 1.165) is 9.79 Å². The third-order valence-corrected chi connectivity index (χ3v) is 3.66. The molecule has 0 fully saturated rings. The van der Waals surface area contributed by atoms with Gasteiger partial charge in [0.25, 0.3) is 0 Å².